The summed E-state index contributed by atoms with van der Waals surface area (Å²) < 4.78 is 39.4. The summed E-state index contributed by atoms with van der Waals surface area (Å²) in [6.45, 7) is 8.18. The number of carbonyl (C=O) groups is 1. The molecule has 2 aliphatic heterocycles. The third-order valence-electron chi connectivity index (χ3n) is 6.71. The third kappa shape index (κ3) is 6.68. The fourth-order valence-corrected chi connectivity index (χ4v) is 6.38. The van der Waals surface area contributed by atoms with Gasteiger partial charge in [-0.1, -0.05) is 35.9 Å². The molecule has 39 heavy (non-hydrogen) atoms. The second kappa shape index (κ2) is 11.5. The van der Waals surface area contributed by atoms with Crippen molar-refractivity contribution in [2.24, 2.45) is 0 Å². The summed E-state index contributed by atoms with van der Waals surface area (Å²) in [5, 5.41) is 9.59. The topological polar surface area (TPSA) is 99.9 Å². The summed E-state index contributed by atoms with van der Waals surface area (Å²) in [5.41, 5.74) is 2.07. The van der Waals surface area contributed by atoms with Gasteiger partial charge in [0.1, 0.15) is 17.5 Å². The van der Waals surface area contributed by atoms with Crippen LogP contribution >= 0.6 is 11.6 Å². The molecule has 0 bridgehead atoms. The first kappa shape index (κ1) is 28.8. The predicted molar refractivity (Wildman–Crippen MR) is 153 cm³/mol. The zero-order valence-electron chi connectivity index (χ0n) is 22.7. The van der Waals surface area contributed by atoms with E-state index >= 15 is 0 Å². The summed E-state index contributed by atoms with van der Waals surface area (Å²) in [4.78, 5) is 14.1. The van der Waals surface area contributed by atoms with Gasteiger partial charge in [-0.05, 0) is 57.5 Å². The number of amides is 1. The van der Waals surface area contributed by atoms with Gasteiger partial charge in [-0.3, -0.25) is 4.31 Å². The normalized spacial score (nSPS) is 18.2. The van der Waals surface area contributed by atoms with E-state index < -0.39 is 21.7 Å². The number of benzene rings is 2. The minimum Gasteiger partial charge on any atom is -0.489 e. The van der Waals surface area contributed by atoms with Gasteiger partial charge in [0, 0.05) is 37.9 Å². The zero-order chi connectivity index (χ0) is 28.4. The van der Waals surface area contributed by atoms with Crippen molar-refractivity contribution in [1.82, 2.24) is 4.90 Å². The Morgan fingerprint density at radius 3 is 2.56 bits per heavy atom. The van der Waals surface area contributed by atoms with E-state index in [2.05, 4.69) is 6.07 Å². The molecule has 1 amide bonds. The maximum atomic E-state index is 13.1. The number of rotatable bonds is 6. The molecule has 2 aliphatic rings. The van der Waals surface area contributed by atoms with E-state index in [1.165, 1.54) is 4.31 Å². The van der Waals surface area contributed by atoms with Gasteiger partial charge < -0.3 is 14.4 Å². The first-order valence-corrected chi connectivity index (χ1v) is 15.1. The number of piperidine rings is 1. The van der Waals surface area contributed by atoms with Crippen molar-refractivity contribution in [3.8, 4) is 11.8 Å². The molecule has 2 heterocycles. The number of anilines is 1. The molecule has 1 atom stereocenters. The van der Waals surface area contributed by atoms with Crippen LogP contribution in [0.2, 0.25) is 5.02 Å². The minimum atomic E-state index is -3.58. The number of ether oxygens (including phenoxy) is 2. The molecule has 1 saturated heterocycles. The van der Waals surface area contributed by atoms with Gasteiger partial charge in [0.05, 0.1) is 34.1 Å². The third-order valence-corrected chi connectivity index (χ3v) is 8.92. The number of halogens is 1. The lowest BCUT2D eigenvalue weighted by atomic mass is 10.1. The van der Waals surface area contributed by atoms with Crippen LogP contribution in [0.1, 0.15) is 57.2 Å². The summed E-state index contributed by atoms with van der Waals surface area (Å²) >= 11 is 6.81. The van der Waals surface area contributed by atoms with Crippen molar-refractivity contribution < 1.29 is 22.7 Å². The Labute approximate surface area is 235 Å². The average molecular weight is 572 g/mol. The number of hydrogen-bond acceptors (Lipinski definition) is 6. The van der Waals surface area contributed by atoms with Gasteiger partial charge in [0.2, 0.25) is 10.0 Å². The number of nitrogens with zero attached hydrogens (tertiary/aromatic N) is 3. The van der Waals surface area contributed by atoms with E-state index in [0.29, 0.717) is 54.4 Å². The standard InChI is InChI=1S/C29H34ClN3O5S/c1-5-39(35,36)33-22(10-9-20-7-6-8-21(17-20)19-31)18-24-25(33)11-12-26(27(24)30)37-23-13-15-32(16-14-23)28(34)38-29(2,3)4/h6-12,17,22-23H,5,13-16,18H2,1-4H3/b10-9+. The number of hydrogen-bond donors (Lipinski definition) is 0. The van der Waals surface area contributed by atoms with Gasteiger partial charge in [0.25, 0.3) is 0 Å². The van der Waals surface area contributed by atoms with Crippen LogP contribution in [0.25, 0.3) is 6.08 Å². The zero-order valence-corrected chi connectivity index (χ0v) is 24.3. The molecule has 0 aliphatic carbocycles. The quantitative estimate of drug-likeness (QED) is 0.435. The van der Waals surface area contributed by atoms with Gasteiger partial charge >= 0.3 is 6.09 Å². The first-order valence-electron chi connectivity index (χ1n) is 13.1. The second-order valence-corrected chi connectivity index (χ2v) is 13.2. The molecule has 1 unspecified atom stereocenters. The van der Waals surface area contributed by atoms with Crippen molar-refractivity contribution in [3.63, 3.8) is 0 Å². The minimum absolute atomic E-state index is 0.0488. The number of sulfonamides is 1. The van der Waals surface area contributed by atoms with Crippen LogP contribution in [0.3, 0.4) is 0 Å². The first-order chi connectivity index (χ1) is 18.4. The molecule has 4 rings (SSSR count). The van der Waals surface area contributed by atoms with Crippen LogP contribution in [0.4, 0.5) is 10.5 Å². The van der Waals surface area contributed by atoms with Crippen molar-refractivity contribution in [2.45, 2.75) is 64.7 Å². The molecule has 2 aromatic rings. The lowest BCUT2D eigenvalue weighted by molar-refractivity contribution is 0.0126. The number of fused-ring (bicyclic) bond motifs is 1. The maximum Gasteiger partial charge on any atom is 0.410 e. The highest BCUT2D eigenvalue weighted by molar-refractivity contribution is 7.92. The fraction of sp³-hybridized carbons (Fsp3) is 0.448. The Hall–Kier alpha value is -3.22. The fourth-order valence-electron chi connectivity index (χ4n) is 4.79. The molecule has 208 valence electrons. The SMILES string of the molecule is CCS(=O)(=O)N1c2ccc(OC3CCN(C(=O)OC(C)(C)C)CC3)c(Cl)c2CC1/C=C/c1cccc(C#N)c1. The van der Waals surface area contributed by atoms with Crippen molar-refractivity contribution >= 4 is 39.5 Å². The van der Waals surface area contributed by atoms with Crippen LogP contribution < -0.4 is 9.04 Å². The van der Waals surface area contributed by atoms with E-state index in [1.807, 2.05) is 39.0 Å². The summed E-state index contributed by atoms with van der Waals surface area (Å²) in [7, 11) is -3.58. The molecule has 0 saturated carbocycles. The highest BCUT2D eigenvalue weighted by atomic mass is 35.5. The number of nitriles is 1. The van der Waals surface area contributed by atoms with Crippen molar-refractivity contribution in [3.05, 3.63) is 64.2 Å². The summed E-state index contributed by atoms with van der Waals surface area (Å²) in [6.07, 6.45) is 4.89. The molecule has 2 aromatic carbocycles. The second-order valence-electron chi connectivity index (χ2n) is 10.7. The van der Waals surface area contributed by atoms with Crippen LogP contribution in [0.15, 0.2) is 42.5 Å². The van der Waals surface area contributed by atoms with Crippen LogP contribution in [-0.4, -0.2) is 56.0 Å². The molecule has 8 nitrogen and oxygen atoms in total. The molecule has 1 fully saturated rings. The lowest BCUT2D eigenvalue weighted by Crippen LogP contribution is -2.44. The molecule has 0 radical (unpaired) electrons. The maximum absolute atomic E-state index is 13.1. The van der Waals surface area contributed by atoms with E-state index in [-0.39, 0.29) is 18.0 Å². The monoisotopic (exact) mass is 571 g/mol. The Bertz CT molecular complexity index is 1400. The molecule has 0 N–H and O–H groups in total. The van der Waals surface area contributed by atoms with E-state index in [0.717, 1.165) is 11.1 Å². The Balaban J connectivity index is 1.51. The van der Waals surface area contributed by atoms with E-state index in [4.69, 9.17) is 21.1 Å². The highest BCUT2D eigenvalue weighted by Gasteiger charge is 2.38. The molecule has 0 spiro atoms. The Morgan fingerprint density at radius 1 is 1.21 bits per heavy atom. The Kier molecular flexibility index (Phi) is 8.48. The predicted octanol–water partition coefficient (Wildman–Crippen LogP) is 5.78. The highest BCUT2D eigenvalue weighted by Crippen LogP contribution is 2.44. The van der Waals surface area contributed by atoms with Gasteiger partial charge in [-0.25, -0.2) is 13.2 Å². The van der Waals surface area contributed by atoms with Crippen LogP contribution in [0.5, 0.6) is 5.75 Å². The smallest absolute Gasteiger partial charge is 0.410 e. The number of likely N-dealkylation sites (tertiary alicyclic amines) is 1. The van der Waals surface area contributed by atoms with Gasteiger partial charge in [-0.2, -0.15) is 5.26 Å². The molecule has 0 aromatic heterocycles. The molecular formula is C29H34ClN3O5S. The molecule has 10 heteroatoms. The summed E-state index contributed by atoms with van der Waals surface area (Å²) in [6, 6.07) is 12.3. The van der Waals surface area contributed by atoms with E-state index in [1.54, 1.807) is 42.2 Å². The largest absolute Gasteiger partial charge is 0.489 e. The summed E-state index contributed by atoms with van der Waals surface area (Å²) in [5.74, 6) is 0.457. The van der Waals surface area contributed by atoms with Crippen molar-refractivity contribution in [2.75, 3.05) is 23.1 Å². The van der Waals surface area contributed by atoms with Crippen LogP contribution in [0, 0.1) is 11.3 Å². The van der Waals surface area contributed by atoms with E-state index in [9.17, 15) is 18.5 Å². The number of carbonyl (C=O) groups excluding carboxylic acids is 1. The van der Waals surface area contributed by atoms with Crippen molar-refractivity contribution in [1.29, 1.82) is 5.26 Å². The molecular weight excluding hydrogens is 538 g/mol. The lowest BCUT2D eigenvalue weighted by Gasteiger charge is -2.33. The average Bonchev–Trinajstić information content (AvgIpc) is 3.29. The Morgan fingerprint density at radius 2 is 1.92 bits per heavy atom. The van der Waals surface area contributed by atoms with Gasteiger partial charge in [0.15, 0.2) is 0 Å². The van der Waals surface area contributed by atoms with Crippen LogP contribution in [-0.2, 0) is 21.2 Å². The van der Waals surface area contributed by atoms with Gasteiger partial charge in [-0.15, -0.1) is 0 Å².